The Balaban J connectivity index is 1.65. The molecule has 0 bridgehead atoms. The third-order valence-electron chi connectivity index (χ3n) is 5.29. The molecule has 2 aliphatic rings. The number of nitrogens with one attached hydrogen (secondary N) is 2. The number of carbonyl (C=O) groups excluding carboxylic acids is 3. The van der Waals surface area contributed by atoms with Crippen LogP contribution in [0.2, 0.25) is 0 Å². The van der Waals surface area contributed by atoms with E-state index in [2.05, 4.69) is 17.6 Å². The van der Waals surface area contributed by atoms with Crippen LogP contribution in [0.15, 0.2) is 24.3 Å². The van der Waals surface area contributed by atoms with Gasteiger partial charge in [0.05, 0.1) is 0 Å². The summed E-state index contributed by atoms with van der Waals surface area (Å²) in [6, 6.07) is 7.10. The number of carbonyl (C=O) groups is 3. The fourth-order valence-corrected chi connectivity index (χ4v) is 3.63. The molecule has 2 N–H and O–H groups in total. The average molecular weight is 343 g/mol. The first kappa shape index (κ1) is 17.5. The second kappa shape index (κ2) is 6.86. The lowest BCUT2D eigenvalue weighted by molar-refractivity contribution is -0.135. The van der Waals surface area contributed by atoms with Gasteiger partial charge < -0.3 is 10.6 Å². The van der Waals surface area contributed by atoms with E-state index in [4.69, 9.17) is 0 Å². The fraction of sp³-hybridized carbons (Fsp3) is 0.526. The number of nitrogens with zero attached hydrogens (tertiary/aromatic N) is 1. The molecule has 6 heteroatoms. The van der Waals surface area contributed by atoms with E-state index in [0.717, 1.165) is 29.7 Å². The van der Waals surface area contributed by atoms with Gasteiger partial charge in [-0.2, -0.15) is 0 Å². The number of anilines is 1. The van der Waals surface area contributed by atoms with Crippen LogP contribution in [-0.2, 0) is 16.0 Å². The lowest BCUT2D eigenvalue weighted by Crippen LogP contribution is -2.49. The van der Waals surface area contributed by atoms with Gasteiger partial charge in [0.1, 0.15) is 12.1 Å². The first-order chi connectivity index (χ1) is 11.9. The molecule has 1 aromatic carbocycles. The fourth-order valence-electron chi connectivity index (χ4n) is 3.63. The van der Waals surface area contributed by atoms with E-state index in [9.17, 15) is 14.4 Å². The maximum Gasteiger partial charge on any atom is 0.325 e. The van der Waals surface area contributed by atoms with E-state index in [1.165, 1.54) is 0 Å². The molecule has 1 saturated carbocycles. The van der Waals surface area contributed by atoms with E-state index in [-0.39, 0.29) is 18.4 Å². The van der Waals surface area contributed by atoms with Gasteiger partial charge in [-0.3, -0.25) is 14.5 Å². The summed E-state index contributed by atoms with van der Waals surface area (Å²) in [5.74, 6) is -0.0571. The zero-order valence-electron chi connectivity index (χ0n) is 14.8. The molecule has 1 aromatic rings. The molecule has 25 heavy (non-hydrogen) atoms. The van der Waals surface area contributed by atoms with Gasteiger partial charge in [0.15, 0.2) is 0 Å². The minimum Gasteiger partial charge on any atom is -0.325 e. The van der Waals surface area contributed by atoms with Crippen LogP contribution in [0.25, 0.3) is 0 Å². The molecule has 1 aliphatic carbocycles. The Hall–Kier alpha value is -2.37. The second-order valence-corrected chi connectivity index (χ2v) is 7.19. The van der Waals surface area contributed by atoms with Crippen molar-refractivity contribution in [3.63, 3.8) is 0 Å². The van der Waals surface area contributed by atoms with Crippen LogP contribution in [0, 0.1) is 5.92 Å². The van der Waals surface area contributed by atoms with Crippen molar-refractivity contribution in [1.82, 2.24) is 10.2 Å². The summed E-state index contributed by atoms with van der Waals surface area (Å²) in [6.07, 6.45) is 3.99. The van der Waals surface area contributed by atoms with Gasteiger partial charge in [0.25, 0.3) is 5.91 Å². The van der Waals surface area contributed by atoms with Crippen LogP contribution in [-0.4, -0.2) is 34.8 Å². The molecule has 2 fully saturated rings. The van der Waals surface area contributed by atoms with Gasteiger partial charge in [-0.25, -0.2) is 4.79 Å². The molecule has 1 saturated heterocycles. The van der Waals surface area contributed by atoms with Gasteiger partial charge in [-0.05, 0) is 55.7 Å². The van der Waals surface area contributed by atoms with E-state index in [1.807, 2.05) is 25.1 Å². The Morgan fingerprint density at radius 2 is 2.04 bits per heavy atom. The van der Waals surface area contributed by atoms with Crippen LogP contribution < -0.4 is 10.6 Å². The van der Waals surface area contributed by atoms with Crippen molar-refractivity contribution in [3.8, 4) is 0 Å². The van der Waals surface area contributed by atoms with Crippen LogP contribution in [0.3, 0.4) is 0 Å². The van der Waals surface area contributed by atoms with Crippen LogP contribution in [0.4, 0.5) is 10.5 Å². The summed E-state index contributed by atoms with van der Waals surface area (Å²) >= 11 is 0. The number of aryl methyl sites for hydroxylation is 1. The molecule has 4 amide bonds. The standard InChI is InChI=1S/C19H25N3O3/c1-3-14-5-4-6-15(11-14)20-16(23)12-22-17(24)19(21-18(22)25)9-7-13(2)8-10-19/h4-6,11,13H,3,7-10,12H2,1-2H3,(H,20,23)(H,21,25). The van der Waals surface area contributed by atoms with Crippen molar-refractivity contribution in [2.75, 3.05) is 11.9 Å². The average Bonchev–Trinajstić information content (AvgIpc) is 2.82. The molecular formula is C19H25N3O3. The number of imide groups is 1. The van der Waals surface area contributed by atoms with Crippen LogP contribution in [0.5, 0.6) is 0 Å². The Morgan fingerprint density at radius 3 is 2.72 bits per heavy atom. The molecule has 0 aromatic heterocycles. The number of hydrogen-bond donors (Lipinski definition) is 2. The van der Waals surface area contributed by atoms with Gasteiger partial charge in [0.2, 0.25) is 5.91 Å². The number of hydrogen-bond acceptors (Lipinski definition) is 3. The van der Waals surface area contributed by atoms with Crippen LogP contribution >= 0.6 is 0 Å². The highest BCUT2D eigenvalue weighted by Gasteiger charge is 2.52. The highest BCUT2D eigenvalue weighted by Crippen LogP contribution is 2.36. The van der Waals surface area contributed by atoms with E-state index in [0.29, 0.717) is 24.4 Å². The van der Waals surface area contributed by atoms with Crippen molar-refractivity contribution in [1.29, 1.82) is 0 Å². The van der Waals surface area contributed by atoms with Crippen molar-refractivity contribution < 1.29 is 14.4 Å². The monoisotopic (exact) mass is 343 g/mol. The van der Waals surface area contributed by atoms with Crippen molar-refractivity contribution in [2.45, 2.75) is 51.5 Å². The molecule has 0 radical (unpaired) electrons. The summed E-state index contributed by atoms with van der Waals surface area (Å²) < 4.78 is 0. The molecule has 1 aliphatic heterocycles. The Kier molecular flexibility index (Phi) is 4.79. The molecule has 134 valence electrons. The molecule has 1 spiro atoms. The summed E-state index contributed by atoms with van der Waals surface area (Å²) in [6.45, 7) is 3.95. The Bertz CT molecular complexity index is 693. The van der Waals surface area contributed by atoms with Gasteiger partial charge in [-0.15, -0.1) is 0 Å². The molecule has 0 atom stereocenters. The third kappa shape index (κ3) is 3.52. The zero-order chi connectivity index (χ0) is 18.0. The summed E-state index contributed by atoms with van der Waals surface area (Å²) in [5, 5.41) is 5.60. The summed E-state index contributed by atoms with van der Waals surface area (Å²) in [4.78, 5) is 38.3. The molecule has 1 heterocycles. The molecule has 6 nitrogen and oxygen atoms in total. The van der Waals surface area contributed by atoms with Gasteiger partial charge in [-0.1, -0.05) is 26.0 Å². The number of amides is 4. The number of benzene rings is 1. The largest absolute Gasteiger partial charge is 0.325 e. The minimum absolute atomic E-state index is 0.252. The highest BCUT2D eigenvalue weighted by molar-refractivity contribution is 6.10. The molecule has 0 unspecified atom stereocenters. The van der Waals surface area contributed by atoms with Crippen molar-refractivity contribution >= 4 is 23.5 Å². The van der Waals surface area contributed by atoms with Crippen molar-refractivity contribution in [3.05, 3.63) is 29.8 Å². The van der Waals surface area contributed by atoms with E-state index >= 15 is 0 Å². The van der Waals surface area contributed by atoms with E-state index < -0.39 is 11.6 Å². The smallest absolute Gasteiger partial charge is 0.325 e. The first-order valence-corrected chi connectivity index (χ1v) is 8.96. The second-order valence-electron chi connectivity index (χ2n) is 7.19. The lowest BCUT2D eigenvalue weighted by atomic mass is 9.77. The maximum absolute atomic E-state index is 12.8. The SMILES string of the molecule is CCc1cccc(NC(=O)CN2C(=O)NC3(CCC(C)CC3)C2=O)c1. The quantitative estimate of drug-likeness (QED) is 0.825. The zero-order valence-corrected chi connectivity index (χ0v) is 14.8. The topological polar surface area (TPSA) is 78.5 Å². The normalized spacial score (nSPS) is 26.0. The number of urea groups is 1. The highest BCUT2D eigenvalue weighted by atomic mass is 16.2. The predicted octanol–water partition coefficient (Wildman–Crippen LogP) is 2.69. The molecule has 3 rings (SSSR count). The predicted molar refractivity (Wildman–Crippen MR) is 95.1 cm³/mol. The van der Waals surface area contributed by atoms with Gasteiger partial charge >= 0.3 is 6.03 Å². The minimum atomic E-state index is -0.800. The first-order valence-electron chi connectivity index (χ1n) is 8.96. The Morgan fingerprint density at radius 1 is 1.32 bits per heavy atom. The molecular weight excluding hydrogens is 318 g/mol. The maximum atomic E-state index is 12.8. The Labute approximate surface area is 148 Å². The summed E-state index contributed by atoms with van der Waals surface area (Å²) in [7, 11) is 0. The third-order valence-corrected chi connectivity index (χ3v) is 5.29. The van der Waals surface area contributed by atoms with Crippen molar-refractivity contribution in [2.24, 2.45) is 5.92 Å². The lowest BCUT2D eigenvalue weighted by Gasteiger charge is -2.33. The number of rotatable bonds is 4. The van der Waals surface area contributed by atoms with Crippen LogP contribution in [0.1, 0.15) is 45.1 Å². The summed E-state index contributed by atoms with van der Waals surface area (Å²) in [5.41, 5.74) is 0.993. The van der Waals surface area contributed by atoms with Gasteiger partial charge in [0, 0.05) is 5.69 Å². The van der Waals surface area contributed by atoms with E-state index in [1.54, 1.807) is 6.07 Å².